The average Bonchev–Trinajstić information content (AvgIpc) is 2.67. The van der Waals surface area contributed by atoms with E-state index in [0.29, 0.717) is 31.1 Å². The zero-order valence-corrected chi connectivity index (χ0v) is 9.47. The summed E-state index contributed by atoms with van der Waals surface area (Å²) >= 11 is 1.68. The van der Waals surface area contributed by atoms with E-state index in [9.17, 15) is 4.79 Å². The zero-order valence-electron chi connectivity index (χ0n) is 8.66. The second kappa shape index (κ2) is 6.47. The fourth-order valence-corrected chi connectivity index (χ4v) is 1.32. The molecule has 5 nitrogen and oxygen atoms in total. The first-order valence-corrected chi connectivity index (χ1v) is 6.09. The summed E-state index contributed by atoms with van der Waals surface area (Å²) in [7, 11) is 0. The predicted octanol–water partition coefficient (Wildman–Crippen LogP) is 0.269. The molecule has 0 atom stereocenters. The minimum atomic E-state index is -0.198. The number of hydrogen-bond acceptors (Lipinski definition) is 5. The number of nitrogens with two attached hydrogens (primary N) is 1. The van der Waals surface area contributed by atoms with Gasteiger partial charge in [-0.2, -0.15) is 11.8 Å². The van der Waals surface area contributed by atoms with Gasteiger partial charge in [0.05, 0.1) is 0 Å². The van der Waals surface area contributed by atoms with Gasteiger partial charge >= 0.3 is 0 Å². The van der Waals surface area contributed by atoms with E-state index < -0.39 is 0 Å². The highest BCUT2D eigenvalue weighted by molar-refractivity contribution is 7.98. The van der Waals surface area contributed by atoms with Crippen molar-refractivity contribution in [1.29, 1.82) is 0 Å². The van der Waals surface area contributed by atoms with Crippen LogP contribution in [0.15, 0.2) is 10.7 Å². The van der Waals surface area contributed by atoms with Crippen LogP contribution in [0.25, 0.3) is 0 Å². The van der Waals surface area contributed by atoms with E-state index in [4.69, 9.17) is 10.2 Å². The molecule has 0 saturated carbocycles. The van der Waals surface area contributed by atoms with E-state index in [1.807, 2.05) is 6.26 Å². The lowest BCUT2D eigenvalue weighted by Crippen LogP contribution is -2.26. The Morgan fingerprint density at radius 3 is 3.20 bits per heavy atom. The monoisotopic (exact) mass is 229 g/mol. The van der Waals surface area contributed by atoms with Crippen LogP contribution in [-0.2, 0) is 6.42 Å². The van der Waals surface area contributed by atoms with E-state index in [1.165, 1.54) is 6.26 Å². The number of nitrogens with zero attached hydrogens (tertiary/aromatic N) is 1. The molecule has 0 bridgehead atoms. The standard InChI is InChI=1S/C9H15N3O2S/c1-15-5-4-11-9(13)7-6-14-8(12-7)2-3-10/h6H,2-5,10H2,1H3,(H,11,13). The average molecular weight is 229 g/mol. The van der Waals surface area contributed by atoms with Crippen molar-refractivity contribution in [3.8, 4) is 0 Å². The number of nitrogens with one attached hydrogen (secondary N) is 1. The molecule has 0 unspecified atom stereocenters. The van der Waals surface area contributed by atoms with Crippen molar-refractivity contribution in [2.75, 3.05) is 25.1 Å². The van der Waals surface area contributed by atoms with Crippen LogP contribution in [0, 0.1) is 0 Å². The highest BCUT2D eigenvalue weighted by Gasteiger charge is 2.10. The molecule has 0 radical (unpaired) electrons. The van der Waals surface area contributed by atoms with E-state index in [1.54, 1.807) is 11.8 Å². The molecule has 1 aromatic rings. The molecule has 1 rings (SSSR count). The van der Waals surface area contributed by atoms with Crippen molar-refractivity contribution >= 4 is 17.7 Å². The Labute approximate surface area is 92.8 Å². The normalized spacial score (nSPS) is 10.3. The van der Waals surface area contributed by atoms with Crippen LogP contribution in [0.2, 0.25) is 0 Å². The SMILES string of the molecule is CSCCNC(=O)c1coc(CCN)n1. The van der Waals surface area contributed by atoms with Gasteiger partial charge in [-0.25, -0.2) is 4.98 Å². The number of thioether (sulfide) groups is 1. The van der Waals surface area contributed by atoms with Gasteiger partial charge in [0, 0.05) is 25.3 Å². The highest BCUT2D eigenvalue weighted by atomic mass is 32.2. The van der Waals surface area contributed by atoms with Gasteiger partial charge in [-0.1, -0.05) is 0 Å². The van der Waals surface area contributed by atoms with Crippen molar-refractivity contribution < 1.29 is 9.21 Å². The van der Waals surface area contributed by atoms with Gasteiger partial charge in [-0.3, -0.25) is 4.79 Å². The third-order valence-electron chi connectivity index (χ3n) is 1.73. The van der Waals surface area contributed by atoms with Crippen LogP contribution in [0.3, 0.4) is 0 Å². The molecule has 84 valence electrons. The number of hydrogen-bond donors (Lipinski definition) is 2. The Bertz CT molecular complexity index is 314. The van der Waals surface area contributed by atoms with Crippen molar-refractivity contribution in [3.63, 3.8) is 0 Å². The number of amides is 1. The lowest BCUT2D eigenvalue weighted by molar-refractivity contribution is 0.0951. The van der Waals surface area contributed by atoms with Gasteiger partial charge in [0.15, 0.2) is 11.6 Å². The fourth-order valence-electron chi connectivity index (χ4n) is 1.01. The summed E-state index contributed by atoms with van der Waals surface area (Å²) in [5.41, 5.74) is 5.66. The third kappa shape index (κ3) is 3.93. The summed E-state index contributed by atoms with van der Waals surface area (Å²) in [6, 6.07) is 0. The van der Waals surface area contributed by atoms with E-state index in [-0.39, 0.29) is 5.91 Å². The summed E-state index contributed by atoms with van der Waals surface area (Å²) in [4.78, 5) is 15.5. The lowest BCUT2D eigenvalue weighted by atomic mass is 10.4. The van der Waals surface area contributed by atoms with Crippen LogP contribution in [0.4, 0.5) is 0 Å². The van der Waals surface area contributed by atoms with Crippen LogP contribution in [-0.4, -0.2) is 36.0 Å². The molecule has 0 fully saturated rings. The summed E-state index contributed by atoms with van der Waals surface area (Å²) in [6.45, 7) is 1.10. The molecule has 0 aliphatic heterocycles. The van der Waals surface area contributed by atoms with Crippen molar-refractivity contribution in [2.24, 2.45) is 5.73 Å². The number of carbonyl (C=O) groups is 1. The van der Waals surface area contributed by atoms with Gasteiger partial charge < -0.3 is 15.5 Å². The largest absolute Gasteiger partial charge is 0.448 e. The first-order valence-electron chi connectivity index (χ1n) is 4.69. The number of rotatable bonds is 6. The third-order valence-corrected chi connectivity index (χ3v) is 2.35. The van der Waals surface area contributed by atoms with Gasteiger partial charge in [-0.15, -0.1) is 0 Å². The van der Waals surface area contributed by atoms with Crippen LogP contribution in [0.5, 0.6) is 0 Å². The van der Waals surface area contributed by atoms with Crippen molar-refractivity contribution in [2.45, 2.75) is 6.42 Å². The number of carbonyl (C=O) groups excluding carboxylic acids is 1. The molecule has 0 spiro atoms. The predicted molar refractivity (Wildman–Crippen MR) is 60.0 cm³/mol. The second-order valence-electron chi connectivity index (χ2n) is 2.91. The Morgan fingerprint density at radius 2 is 2.53 bits per heavy atom. The summed E-state index contributed by atoms with van der Waals surface area (Å²) in [5.74, 6) is 1.20. The molecule has 0 saturated heterocycles. The zero-order chi connectivity index (χ0) is 11.1. The maximum Gasteiger partial charge on any atom is 0.273 e. The summed E-state index contributed by atoms with van der Waals surface area (Å²) < 4.78 is 5.08. The van der Waals surface area contributed by atoms with Gasteiger partial charge in [0.1, 0.15) is 6.26 Å². The lowest BCUT2D eigenvalue weighted by Gasteiger charge is -1.99. The number of oxazole rings is 1. The molecule has 15 heavy (non-hydrogen) atoms. The van der Waals surface area contributed by atoms with Gasteiger partial charge in [0.2, 0.25) is 0 Å². The molecular weight excluding hydrogens is 214 g/mol. The maximum atomic E-state index is 11.5. The fraction of sp³-hybridized carbons (Fsp3) is 0.556. The molecule has 0 aliphatic carbocycles. The van der Waals surface area contributed by atoms with E-state index in [0.717, 1.165) is 5.75 Å². The molecular formula is C9H15N3O2S. The van der Waals surface area contributed by atoms with E-state index in [2.05, 4.69) is 10.3 Å². The molecule has 1 aromatic heterocycles. The summed E-state index contributed by atoms with van der Waals surface area (Å²) in [6.07, 6.45) is 3.90. The van der Waals surface area contributed by atoms with E-state index >= 15 is 0 Å². The molecule has 3 N–H and O–H groups in total. The Hall–Kier alpha value is -1.01. The first-order chi connectivity index (χ1) is 7.27. The van der Waals surface area contributed by atoms with Crippen LogP contribution < -0.4 is 11.1 Å². The van der Waals surface area contributed by atoms with Crippen molar-refractivity contribution in [1.82, 2.24) is 10.3 Å². The maximum absolute atomic E-state index is 11.5. The Balaban J connectivity index is 2.43. The Kier molecular flexibility index (Phi) is 5.20. The topological polar surface area (TPSA) is 81.2 Å². The highest BCUT2D eigenvalue weighted by Crippen LogP contribution is 2.02. The molecule has 1 heterocycles. The summed E-state index contributed by atoms with van der Waals surface area (Å²) in [5, 5.41) is 2.74. The van der Waals surface area contributed by atoms with Crippen LogP contribution in [0.1, 0.15) is 16.4 Å². The Morgan fingerprint density at radius 1 is 1.73 bits per heavy atom. The molecule has 0 aliphatic rings. The van der Waals surface area contributed by atoms with Gasteiger partial charge in [0.25, 0.3) is 5.91 Å². The molecule has 0 aromatic carbocycles. The second-order valence-corrected chi connectivity index (χ2v) is 3.90. The number of aromatic nitrogens is 1. The molecule has 1 amide bonds. The quantitative estimate of drug-likeness (QED) is 0.684. The minimum absolute atomic E-state index is 0.198. The van der Waals surface area contributed by atoms with Crippen LogP contribution >= 0.6 is 11.8 Å². The van der Waals surface area contributed by atoms with Gasteiger partial charge in [-0.05, 0) is 6.26 Å². The smallest absolute Gasteiger partial charge is 0.273 e. The van der Waals surface area contributed by atoms with Crippen molar-refractivity contribution in [3.05, 3.63) is 17.8 Å². The first kappa shape index (κ1) is 12.1. The minimum Gasteiger partial charge on any atom is -0.448 e. The molecule has 6 heteroatoms.